The Morgan fingerprint density at radius 2 is 2.03 bits per heavy atom. The highest BCUT2D eigenvalue weighted by Crippen LogP contribution is 2.24. The van der Waals surface area contributed by atoms with E-state index < -0.39 is 40.0 Å². The normalized spacial score (nSPS) is 18.1. The Bertz CT molecular complexity index is 666. The molecule has 2 unspecified atom stereocenters. The van der Waals surface area contributed by atoms with Crippen molar-refractivity contribution >= 4 is 35.6 Å². The Hall–Kier alpha value is -2.77. The molecule has 6 N–H and O–H groups in total. The number of nitrogens with two attached hydrogens (primary N) is 2. The summed E-state index contributed by atoms with van der Waals surface area (Å²) in [7, 11) is 0. The van der Waals surface area contributed by atoms with Crippen molar-refractivity contribution in [1.82, 2.24) is 15.6 Å². The Labute approximate surface area is 172 Å². The zero-order valence-electron chi connectivity index (χ0n) is 16.5. The molecule has 164 valence electrons. The molecule has 0 bridgehead atoms. The fourth-order valence-electron chi connectivity index (χ4n) is 2.46. The zero-order valence-corrected chi connectivity index (χ0v) is 17.4. The van der Waals surface area contributed by atoms with Crippen LogP contribution in [0.4, 0.5) is 4.79 Å². The summed E-state index contributed by atoms with van der Waals surface area (Å²) < 4.78 is 5.19. The Morgan fingerprint density at radius 1 is 1.38 bits per heavy atom. The van der Waals surface area contributed by atoms with Crippen LogP contribution in [0.3, 0.4) is 0 Å². The molecule has 1 heterocycles. The van der Waals surface area contributed by atoms with Gasteiger partial charge in [0, 0.05) is 18.8 Å². The van der Waals surface area contributed by atoms with Gasteiger partial charge >= 0.3 is 6.09 Å². The molecule has 0 aliphatic carbocycles. The van der Waals surface area contributed by atoms with Crippen LogP contribution >= 0.6 is 11.8 Å². The minimum absolute atomic E-state index is 0.0838. The lowest BCUT2D eigenvalue weighted by molar-refractivity contribution is -0.525. The third-order valence-corrected chi connectivity index (χ3v) is 4.77. The highest BCUT2D eigenvalue weighted by molar-refractivity contribution is 8.00. The van der Waals surface area contributed by atoms with Crippen LogP contribution in [0.15, 0.2) is 4.99 Å². The maximum Gasteiger partial charge on any atom is 0.408 e. The number of hydrogen-bond donors (Lipinski definition) is 4. The second-order valence-electron chi connectivity index (χ2n) is 7.13. The SMILES string of the molecule is CC(C)(C)OC(=O)NC(CCCN=C(N)N[N+](=O)[O-])C(=O)N1CCSC1C(N)=O. The molecule has 1 saturated heterocycles. The van der Waals surface area contributed by atoms with Gasteiger partial charge in [-0.15, -0.1) is 11.8 Å². The number of hydrogen-bond acceptors (Lipinski definition) is 8. The van der Waals surface area contributed by atoms with Crippen molar-refractivity contribution < 1.29 is 24.2 Å². The number of nitrogens with one attached hydrogen (secondary N) is 2. The van der Waals surface area contributed by atoms with E-state index in [9.17, 15) is 24.5 Å². The molecule has 1 fully saturated rings. The van der Waals surface area contributed by atoms with Crippen LogP contribution in [0.25, 0.3) is 0 Å². The molecule has 1 aliphatic rings. The Balaban J connectivity index is 2.80. The summed E-state index contributed by atoms with van der Waals surface area (Å²) in [5.74, 6) is -0.931. The van der Waals surface area contributed by atoms with Gasteiger partial charge in [-0.3, -0.25) is 9.59 Å². The number of alkyl carbamates (subject to hydrolysis) is 1. The van der Waals surface area contributed by atoms with Crippen molar-refractivity contribution in [2.75, 3.05) is 18.8 Å². The van der Waals surface area contributed by atoms with Crippen molar-refractivity contribution in [3.8, 4) is 0 Å². The van der Waals surface area contributed by atoms with Gasteiger partial charge in [0.2, 0.25) is 5.91 Å². The van der Waals surface area contributed by atoms with E-state index in [-0.39, 0.29) is 25.3 Å². The van der Waals surface area contributed by atoms with Crippen molar-refractivity contribution in [2.45, 2.75) is 50.6 Å². The van der Waals surface area contributed by atoms with Gasteiger partial charge in [-0.2, -0.15) is 0 Å². The van der Waals surface area contributed by atoms with E-state index in [1.807, 2.05) is 0 Å². The van der Waals surface area contributed by atoms with Gasteiger partial charge in [-0.25, -0.2) is 19.9 Å². The number of rotatable bonds is 8. The number of carbonyl (C=O) groups excluding carboxylic acids is 3. The van der Waals surface area contributed by atoms with Crippen molar-refractivity contribution in [2.24, 2.45) is 16.5 Å². The first kappa shape index (κ1) is 24.3. The number of nitrogens with zero attached hydrogens (tertiary/aromatic N) is 3. The predicted octanol–water partition coefficient (Wildman–Crippen LogP) is -0.857. The fraction of sp³-hybridized carbons (Fsp3) is 0.733. The molecule has 29 heavy (non-hydrogen) atoms. The van der Waals surface area contributed by atoms with Gasteiger partial charge in [-0.1, -0.05) is 5.43 Å². The summed E-state index contributed by atoms with van der Waals surface area (Å²) in [6, 6.07) is -0.981. The van der Waals surface area contributed by atoms with Crippen molar-refractivity contribution in [3.05, 3.63) is 10.1 Å². The van der Waals surface area contributed by atoms with E-state index in [0.29, 0.717) is 12.3 Å². The molecular formula is C15H27N7O6S. The number of guanidine groups is 1. The van der Waals surface area contributed by atoms with Crippen LogP contribution in [0.2, 0.25) is 0 Å². The molecule has 2 atom stereocenters. The molecule has 1 aliphatic heterocycles. The molecule has 0 aromatic heterocycles. The molecular weight excluding hydrogens is 406 g/mol. The highest BCUT2D eigenvalue weighted by atomic mass is 32.2. The van der Waals surface area contributed by atoms with E-state index in [1.54, 1.807) is 26.2 Å². The van der Waals surface area contributed by atoms with Crippen LogP contribution in [-0.2, 0) is 14.3 Å². The van der Waals surface area contributed by atoms with Gasteiger partial charge in [-0.05, 0) is 33.6 Å². The summed E-state index contributed by atoms with van der Waals surface area (Å²) >= 11 is 1.25. The third kappa shape index (κ3) is 8.85. The molecule has 0 saturated carbocycles. The maximum absolute atomic E-state index is 12.9. The highest BCUT2D eigenvalue weighted by Gasteiger charge is 2.37. The lowest BCUT2D eigenvalue weighted by Gasteiger charge is -2.28. The second-order valence-corrected chi connectivity index (χ2v) is 8.32. The monoisotopic (exact) mass is 433 g/mol. The van der Waals surface area contributed by atoms with Gasteiger partial charge < -0.3 is 26.4 Å². The van der Waals surface area contributed by atoms with E-state index in [0.717, 1.165) is 0 Å². The van der Waals surface area contributed by atoms with E-state index in [4.69, 9.17) is 16.2 Å². The van der Waals surface area contributed by atoms with E-state index in [2.05, 4.69) is 10.3 Å². The summed E-state index contributed by atoms with van der Waals surface area (Å²) in [5, 5.41) is 11.2. The van der Waals surface area contributed by atoms with Crippen LogP contribution in [0.1, 0.15) is 33.6 Å². The molecule has 14 heteroatoms. The van der Waals surface area contributed by atoms with Gasteiger partial charge in [0.25, 0.3) is 11.9 Å². The lowest BCUT2D eigenvalue weighted by Crippen LogP contribution is -2.53. The minimum Gasteiger partial charge on any atom is -0.444 e. The molecule has 0 aromatic rings. The third-order valence-electron chi connectivity index (χ3n) is 3.55. The van der Waals surface area contributed by atoms with Gasteiger partial charge in [0.05, 0.1) is 0 Å². The minimum atomic E-state index is -0.981. The molecule has 1 rings (SSSR count). The first-order valence-electron chi connectivity index (χ1n) is 8.82. The quantitative estimate of drug-likeness (QED) is 0.124. The number of nitro groups is 1. The molecule has 13 nitrogen and oxygen atoms in total. The number of ether oxygens (including phenoxy) is 1. The summed E-state index contributed by atoms with van der Waals surface area (Å²) in [5.41, 5.74) is 11.6. The number of thioether (sulfide) groups is 1. The second kappa shape index (κ2) is 10.7. The average molecular weight is 433 g/mol. The molecule has 3 amide bonds. The topological polar surface area (TPSA) is 195 Å². The van der Waals surface area contributed by atoms with Gasteiger partial charge in [0.1, 0.15) is 11.6 Å². The summed E-state index contributed by atoms with van der Waals surface area (Å²) in [4.78, 5) is 52.0. The van der Waals surface area contributed by atoms with Crippen molar-refractivity contribution in [1.29, 1.82) is 0 Å². The number of hydrazine groups is 1. The van der Waals surface area contributed by atoms with Crippen LogP contribution in [-0.4, -0.2) is 69.7 Å². The maximum atomic E-state index is 12.9. The zero-order chi connectivity index (χ0) is 22.2. The Morgan fingerprint density at radius 3 is 2.59 bits per heavy atom. The number of aliphatic imine (C=N–C) groups is 1. The first-order chi connectivity index (χ1) is 13.4. The Kier molecular flexibility index (Phi) is 8.94. The largest absolute Gasteiger partial charge is 0.444 e. The van der Waals surface area contributed by atoms with Crippen LogP contribution in [0, 0.1) is 10.1 Å². The van der Waals surface area contributed by atoms with Gasteiger partial charge in [0.15, 0.2) is 10.4 Å². The van der Waals surface area contributed by atoms with Crippen LogP contribution < -0.4 is 22.2 Å². The standard InChI is InChI=1S/C15H27N7O6S/c1-15(2,3)28-14(25)19-9(5-4-6-18-13(17)20-22(26)27)11(24)21-7-8-29-12(21)10(16)23/h9,12H,4-8H2,1-3H3,(H2,16,23)(H,19,25)(H3,17,18,20). The number of primary amides is 1. The smallest absolute Gasteiger partial charge is 0.408 e. The van der Waals surface area contributed by atoms with Crippen molar-refractivity contribution in [3.63, 3.8) is 0 Å². The fourth-order valence-corrected chi connectivity index (χ4v) is 3.54. The molecule has 0 aromatic carbocycles. The predicted molar refractivity (Wildman–Crippen MR) is 106 cm³/mol. The molecule has 0 radical (unpaired) electrons. The van der Waals surface area contributed by atoms with E-state index >= 15 is 0 Å². The summed E-state index contributed by atoms with van der Waals surface area (Å²) in [6.07, 6.45) is -0.342. The molecule has 0 spiro atoms. The number of carbonyl (C=O) groups is 3. The first-order valence-corrected chi connectivity index (χ1v) is 9.87. The van der Waals surface area contributed by atoms with Crippen LogP contribution in [0.5, 0.6) is 0 Å². The summed E-state index contributed by atoms with van der Waals surface area (Å²) in [6.45, 7) is 5.46. The lowest BCUT2D eigenvalue weighted by atomic mass is 10.1. The van der Waals surface area contributed by atoms with E-state index in [1.165, 1.54) is 16.7 Å². The average Bonchev–Trinajstić information content (AvgIpc) is 3.04. The number of amides is 3.